The number of nitrogens with zero attached hydrogens (tertiary/aromatic N) is 7. The van der Waals surface area contributed by atoms with E-state index in [0.29, 0.717) is 29.3 Å². The van der Waals surface area contributed by atoms with Gasteiger partial charge in [0.05, 0.1) is 18.2 Å². The summed E-state index contributed by atoms with van der Waals surface area (Å²) >= 11 is 0. The lowest BCUT2D eigenvalue weighted by atomic mass is 10.1. The number of hydrogen-bond donors (Lipinski definition) is 1. The molecular weight excluding hydrogens is 512 g/mol. The van der Waals surface area contributed by atoms with Gasteiger partial charge in [0.1, 0.15) is 6.61 Å². The summed E-state index contributed by atoms with van der Waals surface area (Å²) in [7, 11) is 1.57. The van der Waals surface area contributed by atoms with Crippen molar-refractivity contribution < 1.29 is 14.4 Å². The summed E-state index contributed by atoms with van der Waals surface area (Å²) in [4.78, 5) is 29.1. The number of aromatic nitrogens is 3. The van der Waals surface area contributed by atoms with Gasteiger partial charge in [-0.1, -0.05) is 0 Å². The Kier molecular flexibility index (Phi) is 8.84. The second-order valence-electron chi connectivity index (χ2n) is 9.85. The van der Waals surface area contributed by atoms with Gasteiger partial charge in [0.2, 0.25) is 17.8 Å². The molecule has 0 atom stereocenters. The monoisotopic (exact) mass is 546 g/mol. The molecule has 5 rings (SSSR count). The first-order valence-electron chi connectivity index (χ1n) is 13.7. The first kappa shape index (κ1) is 27.1. The van der Waals surface area contributed by atoms with Crippen LogP contribution in [-0.4, -0.2) is 59.4 Å². The Hall–Kier alpha value is -4.48. The van der Waals surface area contributed by atoms with Crippen molar-refractivity contribution in [2.75, 3.05) is 48.5 Å². The molecule has 0 aliphatic carbocycles. The zero-order chi connectivity index (χ0) is 27.7. The van der Waals surface area contributed by atoms with Crippen LogP contribution in [0.1, 0.15) is 49.7 Å². The van der Waals surface area contributed by atoms with E-state index < -0.39 is 4.92 Å². The molecule has 12 heteroatoms. The van der Waals surface area contributed by atoms with Crippen molar-refractivity contribution in [3.05, 3.63) is 63.7 Å². The predicted molar refractivity (Wildman–Crippen MR) is 154 cm³/mol. The van der Waals surface area contributed by atoms with Gasteiger partial charge in [-0.25, -0.2) is 5.43 Å². The Balaban J connectivity index is 1.29. The number of hydrogen-bond acceptors (Lipinski definition) is 11. The molecule has 40 heavy (non-hydrogen) atoms. The van der Waals surface area contributed by atoms with Gasteiger partial charge in [0.25, 0.3) is 5.69 Å². The molecule has 3 aromatic rings. The SMILES string of the molecule is COc1ccc(/C=N\Nc2nc(N3CCCCC3)nc(N3CCCCC3)n2)cc1OCc1ccc([N+](=O)[O-])cc1. The van der Waals surface area contributed by atoms with Crippen LogP contribution in [0, 0.1) is 10.1 Å². The lowest BCUT2D eigenvalue weighted by Crippen LogP contribution is -2.34. The van der Waals surface area contributed by atoms with Crippen LogP contribution in [-0.2, 0) is 6.61 Å². The van der Waals surface area contributed by atoms with Crippen molar-refractivity contribution in [1.29, 1.82) is 0 Å². The number of ether oxygens (including phenoxy) is 2. The second kappa shape index (κ2) is 13.0. The molecule has 2 aliphatic heterocycles. The van der Waals surface area contributed by atoms with E-state index in [1.807, 2.05) is 12.1 Å². The molecule has 1 N–H and O–H groups in total. The number of non-ortho nitro benzene ring substituents is 1. The Morgan fingerprint density at radius 2 is 1.52 bits per heavy atom. The molecule has 2 aliphatic rings. The summed E-state index contributed by atoms with van der Waals surface area (Å²) in [5.41, 5.74) is 4.63. The second-order valence-corrected chi connectivity index (χ2v) is 9.85. The minimum atomic E-state index is -0.426. The van der Waals surface area contributed by atoms with Gasteiger partial charge in [0.15, 0.2) is 11.5 Å². The summed E-state index contributed by atoms with van der Waals surface area (Å²) in [6, 6.07) is 11.8. The summed E-state index contributed by atoms with van der Waals surface area (Å²) in [6.07, 6.45) is 8.68. The molecule has 2 aromatic carbocycles. The van der Waals surface area contributed by atoms with Crippen molar-refractivity contribution in [3.63, 3.8) is 0 Å². The van der Waals surface area contributed by atoms with E-state index in [-0.39, 0.29) is 12.3 Å². The van der Waals surface area contributed by atoms with Gasteiger partial charge in [0, 0.05) is 38.3 Å². The lowest BCUT2D eigenvalue weighted by Gasteiger charge is -2.30. The van der Waals surface area contributed by atoms with Crippen LogP contribution < -0.4 is 24.7 Å². The van der Waals surface area contributed by atoms with E-state index in [0.717, 1.165) is 63.0 Å². The predicted octanol–water partition coefficient (Wildman–Crippen LogP) is 4.79. The third kappa shape index (κ3) is 6.93. The number of benzene rings is 2. The van der Waals surface area contributed by atoms with Gasteiger partial charge < -0.3 is 19.3 Å². The Morgan fingerprint density at radius 1 is 0.900 bits per heavy atom. The fourth-order valence-corrected chi connectivity index (χ4v) is 4.80. The summed E-state index contributed by atoms with van der Waals surface area (Å²) in [5, 5.41) is 15.3. The number of anilines is 3. The first-order chi connectivity index (χ1) is 19.6. The van der Waals surface area contributed by atoms with Crippen LogP contribution in [0.15, 0.2) is 47.6 Å². The van der Waals surface area contributed by atoms with Crippen LogP contribution in [0.5, 0.6) is 11.5 Å². The van der Waals surface area contributed by atoms with Crippen LogP contribution in [0.3, 0.4) is 0 Å². The van der Waals surface area contributed by atoms with E-state index in [1.54, 1.807) is 31.5 Å². The highest BCUT2D eigenvalue weighted by molar-refractivity contribution is 5.81. The van der Waals surface area contributed by atoms with Gasteiger partial charge in [-0.3, -0.25) is 10.1 Å². The third-order valence-electron chi connectivity index (χ3n) is 7.00. The number of nitro benzene ring substituents is 1. The molecule has 12 nitrogen and oxygen atoms in total. The summed E-state index contributed by atoms with van der Waals surface area (Å²) < 4.78 is 11.4. The van der Waals surface area contributed by atoms with Crippen LogP contribution in [0.2, 0.25) is 0 Å². The molecule has 0 radical (unpaired) electrons. The standard InChI is InChI=1S/C28H34N8O4/c1-39-24-13-10-22(18-25(24)40-20-21-8-11-23(12-9-21)36(37)38)19-29-33-26-30-27(34-14-4-2-5-15-34)32-28(31-26)35-16-6-3-7-17-35/h8-13,18-19H,2-7,14-17,20H2,1H3,(H,30,31,32,33)/b29-19-. The van der Waals surface area contributed by atoms with Crippen molar-refractivity contribution >= 4 is 29.7 Å². The normalized spacial score (nSPS) is 15.7. The number of hydrazone groups is 1. The van der Waals surface area contributed by atoms with Crippen molar-refractivity contribution in [2.45, 2.75) is 45.1 Å². The van der Waals surface area contributed by atoms with Crippen molar-refractivity contribution in [2.24, 2.45) is 5.10 Å². The van der Waals surface area contributed by atoms with Gasteiger partial charge in [-0.15, -0.1) is 0 Å². The fraction of sp³-hybridized carbons (Fsp3) is 0.429. The molecule has 0 amide bonds. The summed E-state index contributed by atoms with van der Waals surface area (Å²) in [6.45, 7) is 4.01. The highest BCUT2D eigenvalue weighted by Crippen LogP contribution is 2.29. The minimum absolute atomic E-state index is 0.0383. The molecule has 0 bridgehead atoms. The maximum Gasteiger partial charge on any atom is 0.269 e. The van der Waals surface area contributed by atoms with E-state index in [4.69, 9.17) is 14.5 Å². The van der Waals surface area contributed by atoms with Gasteiger partial charge in [-0.2, -0.15) is 20.1 Å². The summed E-state index contributed by atoms with van der Waals surface area (Å²) in [5.74, 6) is 2.90. The largest absolute Gasteiger partial charge is 0.493 e. The Labute approximate surface area is 233 Å². The fourth-order valence-electron chi connectivity index (χ4n) is 4.80. The van der Waals surface area contributed by atoms with Crippen LogP contribution in [0.4, 0.5) is 23.5 Å². The average molecular weight is 547 g/mol. The molecule has 2 fully saturated rings. The van der Waals surface area contributed by atoms with Crippen LogP contribution >= 0.6 is 0 Å². The molecule has 210 valence electrons. The number of piperidine rings is 2. The van der Waals surface area contributed by atoms with E-state index in [9.17, 15) is 10.1 Å². The molecule has 0 spiro atoms. The highest BCUT2D eigenvalue weighted by Gasteiger charge is 2.20. The van der Waals surface area contributed by atoms with E-state index >= 15 is 0 Å². The Morgan fingerprint density at radius 3 is 2.10 bits per heavy atom. The van der Waals surface area contributed by atoms with Gasteiger partial charge in [-0.05, 0) is 80.0 Å². The van der Waals surface area contributed by atoms with Crippen molar-refractivity contribution in [3.8, 4) is 11.5 Å². The number of nitro groups is 1. The molecule has 0 unspecified atom stereocenters. The van der Waals surface area contributed by atoms with Crippen LogP contribution in [0.25, 0.3) is 0 Å². The zero-order valence-electron chi connectivity index (χ0n) is 22.7. The number of methoxy groups -OCH3 is 1. The number of rotatable bonds is 10. The van der Waals surface area contributed by atoms with Crippen molar-refractivity contribution in [1.82, 2.24) is 15.0 Å². The molecule has 1 aromatic heterocycles. The zero-order valence-corrected chi connectivity index (χ0v) is 22.7. The molecule has 3 heterocycles. The van der Waals surface area contributed by atoms with E-state index in [1.165, 1.54) is 25.0 Å². The maximum absolute atomic E-state index is 10.9. The smallest absolute Gasteiger partial charge is 0.269 e. The number of nitrogens with one attached hydrogen (secondary N) is 1. The van der Waals surface area contributed by atoms with E-state index in [2.05, 4.69) is 30.3 Å². The topological polar surface area (TPSA) is 131 Å². The minimum Gasteiger partial charge on any atom is -0.493 e. The third-order valence-corrected chi connectivity index (χ3v) is 7.00. The lowest BCUT2D eigenvalue weighted by molar-refractivity contribution is -0.384. The average Bonchev–Trinajstić information content (AvgIpc) is 3.01. The van der Waals surface area contributed by atoms with Gasteiger partial charge >= 0.3 is 0 Å². The highest BCUT2D eigenvalue weighted by atomic mass is 16.6. The molecular formula is C28H34N8O4. The quantitative estimate of drug-likeness (QED) is 0.215. The molecule has 0 saturated carbocycles. The molecule has 2 saturated heterocycles. The Bertz CT molecular complexity index is 1290. The first-order valence-corrected chi connectivity index (χ1v) is 13.7. The maximum atomic E-state index is 10.9.